The molecule has 0 bridgehead atoms. The number of para-hydroxylation sites is 1. The van der Waals surface area contributed by atoms with Gasteiger partial charge in [-0.15, -0.1) is 20.4 Å². The van der Waals surface area contributed by atoms with Crippen LogP contribution in [0.3, 0.4) is 0 Å². The number of ether oxygens (including phenoxy) is 3. The summed E-state index contributed by atoms with van der Waals surface area (Å²) < 4.78 is 17.3. The number of carboxylic acid groups (broad SMARTS) is 1. The molecule has 0 fully saturated rings. The van der Waals surface area contributed by atoms with Crippen molar-refractivity contribution in [3.63, 3.8) is 0 Å². The number of carbonyl (C=O) groups is 2. The zero-order valence-corrected chi connectivity index (χ0v) is 21.6. The van der Waals surface area contributed by atoms with Gasteiger partial charge in [-0.25, -0.2) is 4.79 Å². The summed E-state index contributed by atoms with van der Waals surface area (Å²) in [5.41, 5.74) is 0.182. The number of anilines is 1. The van der Waals surface area contributed by atoms with Crippen LogP contribution >= 0.6 is 23.2 Å². The van der Waals surface area contributed by atoms with Gasteiger partial charge in [0.05, 0.1) is 16.3 Å². The van der Waals surface area contributed by atoms with Crippen molar-refractivity contribution in [2.45, 2.75) is 13.2 Å². The van der Waals surface area contributed by atoms with E-state index in [9.17, 15) is 14.7 Å². The fourth-order valence-corrected chi connectivity index (χ4v) is 4.20. The molecule has 2 heterocycles. The normalized spacial score (nSPS) is 10.8. The number of aromatic nitrogens is 8. The second-order valence-electron chi connectivity index (χ2n) is 7.97. The minimum absolute atomic E-state index is 0.0344. The van der Waals surface area contributed by atoms with E-state index in [1.807, 2.05) is 0 Å². The van der Waals surface area contributed by atoms with E-state index in [2.05, 4.69) is 46.6 Å². The van der Waals surface area contributed by atoms with Crippen LogP contribution in [0.25, 0.3) is 10.8 Å². The quantitative estimate of drug-likeness (QED) is 0.176. The minimum Gasteiger partial charge on any atom is -0.483 e. The lowest BCUT2D eigenvalue weighted by Gasteiger charge is -2.16. The number of aromatic amines is 2. The number of amides is 1. The first-order valence-corrected chi connectivity index (χ1v) is 12.0. The summed E-state index contributed by atoms with van der Waals surface area (Å²) in [7, 11) is 0. The zero-order valence-electron chi connectivity index (χ0n) is 20.1. The molecule has 204 valence electrons. The molecule has 0 spiro atoms. The molecule has 0 unspecified atom stereocenters. The Morgan fingerprint density at radius 2 is 1.62 bits per heavy atom. The molecule has 2 aromatic heterocycles. The predicted octanol–water partition coefficient (Wildman–Crippen LogP) is 3.05. The molecule has 17 heteroatoms. The molecule has 0 saturated carbocycles. The molecule has 15 nitrogen and oxygen atoms in total. The second-order valence-corrected chi connectivity index (χ2v) is 8.81. The number of nitrogens with one attached hydrogen (secondary N) is 3. The number of carboxylic acids is 1. The van der Waals surface area contributed by atoms with Crippen molar-refractivity contribution in [1.29, 1.82) is 0 Å². The van der Waals surface area contributed by atoms with Crippen molar-refractivity contribution >= 4 is 51.5 Å². The summed E-state index contributed by atoms with van der Waals surface area (Å²) in [4.78, 5) is 24.6. The number of carbonyl (C=O) groups excluding carboxylic acids is 1. The lowest BCUT2D eigenvalue weighted by Crippen LogP contribution is -2.21. The van der Waals surface area contributed by atoms with Gasteiger partial charge in [-0.2, -0.15) is 10.4 Å². The van der Waals surface area contributed by atoms with Crippen molar-refractivity contribution in [3.8, 4) is 17.2 Å². The fourth-order valence-electron chi connectivity index (χ4n) is 3.60. The number of rotatable bonds is 11. The Balaban J connectivity index is 1.36. The van der Waals surface area contributed by atoms with Crippen LogP contribution in [-0.4, -0.2) is 64.8 Å². The lowest BCUT2D eigenvalue weighted by atomic mass is 10.1. The van der Waals surface area contributed by atoms with Crippen LogP contribution in [0.1, 0.15) is 22.0 Å². The number of tetrazole rings is 2. The number of benzene rings is 3. The second kappa shape index (κ2) is 11.8. The average molecular weight is 586 g/mol. The summed E-state index contributed by atoms with van der Waals surface area (Å²) in [6, 6.07) is 10.6. The first-order chi connectivity index (χ1) is 19.4. The maximum absolute atomic E-state index is 12.9. The van der Waals surface area contributed by atoms with Gasteiger partial charge in [0.25, 0.3) is 5.91 Å². The molecular weight excluding hydrogens is 569 g/mol. The van der Waals surface area contributed by atoms with Crippen LogP contribution < -0.4 is 19.5 Å². The first-order valence-electron chi connectivity index (χ1n) is 11.3. The van der Waals surface area contributed by atoms with Gasteiger partial charge < -0.3 is 24.6 Å². The standard InChI is InChI=1S/C23H17Cl2N9O6/c24-13-5-11-4-12(23(36)37)6-17(21(11)14(25)7-13)39-10-20(35)26-15-2-1-3-16(38-8-18-27-31-32-28-18)22(15)40-9-19-29-33-34-30-19/h1-7H,8-10H2,(H,26,35)(H,36,37)(H,27,28,31,32)(H,29,30,33,34). The topological polar surface area (TPSA) is 203 Å². The van der Waals surface area contributed by atoms with Gasteiger partial charge in [-0.1, -0.05) is 39.7 Å². The Hall–Kier alpha value is -5.02. The average Bonchev–Trinajstić information content (AvgIpc) is 3.64. The number of fused-ring (bicyclic) bond motifs is 1. The summed E-state index contributed by atoms with van der Waals surface area (Å²) in [6.45, 7) is -0.615. The smallest absolute Gasteiger partial charge is 0.335 e. The largest absolute Gasteiger partial charge is 0.483 e. The molecule has 0 radical (unpaired) electrons. The van der Waals surface area contributed by atoms with Crippen molar-refractivity contribution in [2.75, 3.05) is 11.9 Å². The highest BCUT2D eigenvalue weighted by Gasteiger charge is 2.18. The van der Waals surface area contributed by atoms with Gasteiger partial charge in [-0.3, -0.25) is 4.79 Å². The number of H-pyrrole nitrogens is 2. The molecule has 1 amide bonds. The van der Waals surface area contributed by atoms with Crippen molar-refractivity contribution in [1.82, 2.24) is 41.2 Å². The van der Waals surface area contributed by atoms with E-state index in [0.717, 1.165) is 0 Å². The molecule has 0 atom stereocenters. The molecule has 0 aliphatic heterocycles. The van der Waals surface area contributed by atoms with Crippen LogP contribution in [-0.2, 0) is 18.0 Å². The maximum atomic E-state index is 12.9. The summed E-state index contributed by atoms with van der Waals surface area (Å²) >= 11 is 12.4. The Bertz CT molecular complexity index is 1670. The lowest BCUT2D eigenvalue weighted by molar-refractivity contribution is -0.118. The van der Waals surface area contributed by atoms with Crippen LogP contribution in [0.2, 0.25) is 10.0 Å². The van der Waals surface area contributed by atoms with Crippen molar-refractivity contribution in [3.05, 3.63) is 69.7 Å². The van der Waals surface area contributed by atoms with Gasteiger partial charge in [0, 0.05) is 10.4 Å². The van der Waals surface area contributed by atoms with Gasteiger partial charge in [0.2, 0.25) is 11.6 Å². The molecule has 0 aliphatic rings. The Kier molecular flexibility index (Phi) is 7.84. The third kappa shape index (κ3) is 6.16. The molecule has 0 aliphatic carbocycles. The van der Waals surface area contributed by atoms with Gasteiger partial charge >= 0.3 is 5.97 Å². The fraction of sp³-hybridized carbons (Fsp3) is 0.130. The summed E-state index contributed by atoms with van der Waals surface area (Å²) in [6.07, 6.45) is 0. The van der Waals surface area contributed by atoms with Crippen molar-refractivity contribution in [2.24, 2.45) is 0 Å². The molecule has 3 aromatic carbocycles. The van der Waals surface area contributed by atoms with Crippen molar-refractivity contribution < 1.29 is 28.9 Å². The number of aromatic carboxylic acids is 1. The van der Waals surface area contributed by atoms with E-state index in [0.29, 0.717) is 21.6 Å². The van der Waals surface area contributed by atoms with E-state index in [4.69, 9.17) is 37.4 Å². The highest BCUT2D eigenvalue weighted by atomic mass is 35.5. The van der Waals surface area contributed by atoms with E-state index in [-0.39, 0.29) is 52.6 Å². The molecule has 5 aromatic rings. The predicted molar refractivity (Wildman–Crippen MR) is 139 cm³/mol. The van der Waals surface area contributed by atoms with E-state index in [1.165, 1.54) is 18.2 Å². The Labute approximate surface area is 233 Å². The van der Waals surface area contributed by atoms with Crippen LogP contribution in [0.5, 0.6) is 17.2 Å². The van der Waals surface area contributed by atoms with Gasteiger partial charge in [0.15, 0.2) is 31.3 Å². The minimum atomic E-state index is -1.19. The highest BCUT2D eigenvalue weighted by Crippen LogP contribution is 2.38. The zero-order chi connectivity index (χ0) is 28.1. The maximum Gasteiger partial charge on any atom is 0.335 e. The number of hydrogen-bond donors (Lipinski definition) is 4. The van der Waals surface area contributed by atoms with Gasteiger partial charge in [0.1, 0.15) is 5.75 Å². The first kappa shape index (κ1) is 26.6. The third-order valence-corrected chi connectivity index (χ3v) is 5.79. The summed E-state index contributed by atoms with van der Waals surface area (Å²) in [5.74, 6) is -0.695. The SMILES string of the molecule is O=C(COc1cc(C(=O)O)cc2cc(Cl)cc(Cl)c12)Nc1cccc(OCc2nn[nH]n2)c1OCc1nn[nH]n1. The molecule has 40 heavy (non-hydrogen) atoms. The number of nitrogens with zero attached hydrogens (tertiary/aromatic N) is 6. The van der Waals surface area contributed by atoms with Crippen LogP contribution in [0, 0.1) is 0 Å². The molecule has 0 saturated heterocycles. The van der Waals surface area contributed by atoms with E-state index >= 15 is 0 Å². The number of hydrogen-bond acceptors (Lipinski definition) is 11. The summed E-state index contributed by atoms with van der Waals surface area (Å²) in [5, 5.41) is 40.6. The highest BCUT2D eigenvalue weighted by molar-refractivity contribution is 6.39. The Morgan fingerprint density at radius 3 is 2.30 bits per heavy atom. The number of halogens is 2. The van der Waals surface area contributed by atoms with E-state index < -0.39 is 18.5 Å². The van der Waals surface area contributed by atoms with Gasteiger partial charge in [-0.05, 0) is 41.8 Å². The van der Waals surface area contributed by atoms with E-state index in [1.54, 1.807) is 24.3 Å². The Morgan fingerprint density at radius 1 is 0.900 bits per heavy atom. The molecular formula is C23H17Cl2N9O6. The molecule has 5 rings (SSSR count). The van der Waals surface area contributed by atoms with Crippen LogP contribution in [0.4, 0.5) is 5.69 Å². The molecule has 4 N–H and O–H groups in total. The monoisotopic (exact) mass is 585 g/mol. The third-order valence-electron chi connectivity index (χ3n) is 5.27. The van der Waals surface area contributed by atoms with Crippen LogP contribution in [0.15, 0.2) is 42.5 Å².